The van der Waals surface area contributed by atoms with Gasteiger partial charge in [0.2, 0.25) is 11.7 Å². The summed E-state index contributed by atoms with van der Waals surface area (Å²) in [6.07, 6.45) is -3.70. The molecule has 0 bridgehead atoms. The first kappa shape index (κ1) is 20.0. The van der Waals surface area contributed by atoms with Crippen molar-refractivity contribution in [2.75, 3.05) is 20.2 Å². The summed E-state index contributed by atoms with van der Waals surface area (Å²) in [7, 11) is 2.62. The Morgan fingerprint density at radius 2 is 1.82 bits per heavy atom. The Kier molecular flexibility index (Phi) is 5.48. The van der Waals surface area contributed by atoms with Gasteiger partial charge in [0.05, 0.1) is 19.6 Å². The van der Waals surface area contributed by atoms with Gasteiger partial charge in [-0.3, -0.25) is 9.36 Å². The zero-order valence-corrected chi connectivity index (χ0v) is 15.6. The second-order valence-corrected chi connectivity index (χ2v) is 6.74. The third-order valence-electron chi connectivity index (χ3n) is 4.93. The van der Waals surface area contributed by atoms with Crippen molar-refractivity contribution in [3.63, 3.8) is 0 Å². The van der Waals surface area contributed by atoms with E-state index in [1.54, 1.807) is 24.1 Å². The van der Waals surface area contributed by atoms with E-state index in [0.29, 0.717) is 36.2 Å². The lowest BCUT2D eigenvalue weighted by molar-refractivity contribution is -0.147. The molecule has 1 aromatic heterocycles. The van der Waals surface area contributed by atoms with Crippen LogP contribution < -0.4 is 10.4 Å². The number of nitrogens with zero attached hydrogens (tertiary/aromatic N) is 4. The molecule has 3 rings (SSSR count). The molecule has 1 aromatic carbocycles. The molecule has 1 amide bonds. The zero-order valence-electron chi connectivity index (χ0n) is 15.6. The molecule has 0 saturated carbocycles. The standard InChI is InChI=1S/C18H21F3N4O3/c1-23-16(18(19,20)21)22-25(17(23)27)13-7-9-24(10-8-13)15(26)11-12-3-5-14(28-2)6-4-12/h3-6,13H,7-11H2,1-2H3. The van der Waals surface area contributed by atoms with E-state index in [-0.39, 0.29) is 12.3 Å². The van der Waals surface area contributed by atoms with Crippen LogP contribution in [0.15, 0.2) is 29.1 Å². The lowest BCUT2D eigenvalue weighted by Crippen LogP contribution is -2.41. The van der Waals surface area contributed by atoms with Crippen LogP contribution in [0.4, 0.5) is 13.2 Å². The van der Waals surface area contributed by atoms with E-state index in [1.807, 2.05) is 12.1 Å². The zero-order chi connectivity index (χ0) is 20.5. The number of amides is 1. The van der Waals surface area contributed by atoms with Crippen molar-refractivity contribution in [2.45, 2.75) is 31.5 Å². The summed E-state index contributed by atoms with van der Waals surface area (Å²) < 4.78 is 45.3. The van der Waals surface area contributed by atoms with Gasteiger partial charge in [0.25, 0.3) is 0 Å². The summed E-state index contributed by atoms with van der Waals surface area (Å²) in [5.74, 6) is -0.570. The number of hydrogen-bond acceptors (Lipinski definition) is 4. The lowest BCUT2D eigenvalue weighted by Gasteiger charge is -2.31. The van der Waals surface area contributed by atoms with Crippen LogP contribution in [0.5, 0.6) is 5.75 Å². The van der Waals surface area contributed by atoms with Gasteiger partial charge in [-0.2, -0.15) is 13.2 Å². The van der Waals surface area contributed by atoms with Gasteiger partial charge in [-0.1, -0.05) is 12.1 Å². The van der Waals surface area contributed by atoms with E-state index in [4.69, 9.17) is 4.74 Å². The quantitative estimate of drug-likeness (QED) is 0.790. The topological polar surface area (TPSA) is 69.4 Å². The first-order chi connectivity index (χ1) is 13.2. The number of alkyl halides is 3. The molecular weight excluding hydrogens is 377 g/mol. The van der Waals surface area contributed by atoms with Gasteiger partial charge in [-0.05, 0) is 30.5 Å². The Labute approximate surface area is 159 Å². The molecule has 1 fully saturated rings. The number of carbonyl (C=O) groups is 1. The van der Waals surface area contributed by atoms with Crippen molar-refractivity contribution in [1.29, 1.82) is 0 Å². The predicted octanol–water partition coefficient (Wildman–Crippen LogP) is 2.02. The van der Waals surface area contributed by atoms with Gasteiger partial charge in [0.1, 0.15) is 5.75 Å². The summed E-state index contributed by atoms with van der Waals surface area (Å²) in [5.41, 5.74) is 0.0547. The van der Waals surface area contributed by atoms with E-state index in [0.717, 1.165) is 17.3 Å². The molecule has 0 unspecified atom stereocenters. The minimum Gasteiger partial charge on any atom is -0.497 e. The Bertz CT molecular complexity index is 894. The number of benzene rings is 1. The van der Waals surface area contributed by atoms with Crippen LogP contribution >= 0.6 is 0 Å². The number of rotatable bonds is 4. The average Bonchev–Trinajstić information content (AvgIpc) is 2.98. The molecule has 1 saturated heterocycles. The number of methoxy groups -OCH3 is 1. The Hall–Kier alpha value is -2.78. The van der Waals surface area contributed by atoms with Crippen molar-refractivity contribution in [2.24, 2.45) is 7.05 Å². The second-order valence-electron chi connectivity index (χ2n) is 6.74. The number of aromatic nitrogens is 3. The van der Waals surface area contributed by atoms with E-state index in [2.05, 4.69) is 5.10 Å². The fourth-order valence-electron chi connectivity index (χ4n) is 3.33. The molecule has 0 spiro atoms. The number of halogens is 3. The molecule has 152 valence electrons. The number of carbonyl (C=O) groups excluding carboxylic acids is 1. The van der Waals surface area contributed by atoms with Gasteiger partial charge < -0.3 is 9.64 Å². The molecule has 1 aliphatic rings. The number of likely N-dealkylation sites (tertiary alicyclic amines) is 1. The monoisotopic (exact) mass is 398 g/mol. The highest BCUT2D eigenvalue weighted by Gasteiger charge is 2.39. The maximum atomic E-state index is 12.9. The van der Waals surface area contributed by atoms with Gasteiger partial charge >= 0.3 is 11.9 Å². The number of hydrogen-bond donors (Lipinski definition) is 0. The highest BCUT2D eigenvalue weighted by Crippen LogP contribution is 2.28. The lowest BCUT2D eigenvalue weighted by atomic mass is 10.0. The van der Waals surface area contributed by atoms with Crippen LogP contribution in [0.25, 0.3) is 0 Å². The van der Waals surface area contributed by atoms with Crippen LogP contribution in [-0.2, 0) is 24.4 Å². The minimum absolute atomic E-state index is 0.0621. The number of ether oxygens (including phenoxy) is 1. The van der Waals surface area contributed by atoms with Gasteiger partial charge in [0, 0.05) is 20.1 Å². The van der Waals surface area contributed by atoms with E-state index < -0.39 is 23.7 Å². The molecule has 2 heterocycles. The molecule has 2 aromatic rings. The van der Waals surface area contributed by atoms with E-state index in [1.165, 1.54) is 0 Å². The Morgan fingerprint density at radius 3 is 2.32 bits per heavy atom. The summed E-state index contributed by atoms with van der Waals surface area (Å²) in [4.78, 5) is 26.3. The molecule has 28 heavy (non-hydrogen) atoms. The van der Waals surface area contributed by atoms with Crippen molar-refractivity contribution in [1.82, 2.24) is 19.2 Å². The third-order valence-corrected chi connectivity index (χ3v) is 4.93. The number of piperidine rings is 1. The summed E-state index contributed by atoms with van der Waals surface area (Å²) >= 11 is 0. The first-order valence-corrected chi connectivity index (χ1v) is 8.84. The highest BCUT2D eigenvalue weighted by molar-refractivity contribution is 5.78. The second kappa shape index (κ2) is 7.69. The highest BCUT2D eigenvalue weighted by atomic mass is 19.4. The summed E-state index contributed by atoms with van der Waals surface area (Å²) in [6, 6.07) is 6.73. The van der Waals surface area contributed by atoms with Gasteiger partial charge in [-0.15, -0.1) is 5.10 Å². The van der Waals surface area contributed by atoms with E-state index >= 15 is 0 Å². The summed E-state index contributed by atoms with van der Waals surface area (Å²) in [6.45, 7) is 0.730. The third kappa shape index (κ3) is 4.05. The SMILES string of the molecule is COc1ccc(CC(=O)N2CCC(n3nc(C(F)(F)F)n(C)c3=O)CC2)cc1. The summed E-state index contributed by atoms with van der Waals surface area (Å²) in [5, 5.41) is 3.49. The normalized spacial score (nSPS) is 15.7. The van der Waals surface area contributed by atoms with Gasteiger partial charge in [-0.25, -0.2) is 9.48 Å². The van der Waals surface area contributed by atoms with Crippen molar-refractivity contribution in [3.05, 3.63) is 46.1 Å². The van der Waals surface area contributed by atoms with E-state index in [9.17, 15) is 22.8 Å². The fourth-order valence-corrected chi connectivity index (χ4v) is 3.33. The molecule has 1 aliphatic heterocycles. The van der Waals surface area contributed by atoms with Crippen LogP contribution in [0.1, 0.15) is 30.3 Å². The molecule has 0 N–H and O–H groups in total. The van der Waals surface area contributed by atoms with Crippen molar-refractivity contribution >= 4 is 5.91 Å². The van der Waals surface area contributed by atoms with Crippen molar-refractivity contribution in [3.8, 4) is 5.75 Å². The Balaban J connectivity index is 1.63. The molecule has 10 heteroatoms. The maximum Gasteiger partial charge on any atom is 0.451 e. The molecule has 0 radical (unpaired) electrons. The van der Waals surface area contributed by atoms with Crippen LogP contribution in [0.2, 0.25) is 0 Å². The minimum atomic E-state index is -4.69. The molecule has 0 aliphatic carbocycles. The van der Waals surface area contributed by atoms with Gasteiger partial charge in [0.15, 0.2) is 0 Å². The average molecular weight is 398 g/mol. The fraction of sp³-hybridized carbons (Fsp3) is 0.500. The molecule has 7 nitrogen and oxygen atoms in total. The largest absolute Gasteiger partial charge is 0.497 e. The smallest absolute Gasteiger partial charge is 0.451 e. The first-order valence-electron chi connectivity index (χ1n) is 8.84. The van der Waals surface area contributed by atoms with Crippen LogP contribution in [0.3, 0.4) is 0 Å². The molecule has 0 atom stereocenters. The van der Waals surface area contributed by atoms with Crippen molar-refractivity contribution < 1.29 is 22.7 Å². The van der Waals surface area contributed by atoms with Crippen LogP contribution in [0, 0.1) is 0 Å². The molecular formula is C18H21F3N4O3. The Morgan fingerprint density at radius 1 is 1.21 bits per heavy atom. The van der Waals surface area contributed by atoms with Crippen LogP contribution in [-0.4, -0.2) is 45.4 Å². The maximum absolute atomic E-state index is 12.9. The predicted molar refractivity (Wildman–Crippen MR) is 94.0 cm³/mol.